The molecule has 4 rings (SSSR count). The average molecular weight is 427 g/mol. The zero-order valence-corrected chi connectivity index (χ0v) is 18.0. The third-order valence-corrected chi connectivity index (χ3v) is 6.37. The summed E-state index contributed by atoms with van der Waals surface area (Å²) < 4.78 is 11.5. The van der Waals surface area contributed by atoms with E-state index in [-0.39, 0.29) is 29.8 Å². The van der Waals surface area contributed by atoms with Gasteiger partial charge in [-0.3, -0.25) is 4.79 Å². The molecule has 0 bridgehead atoms. The number of amides is 1. The summed E-state index contributed by atoms with van der Waals surface area (Å²) in [5.41, 5.74) is 8.15. The van der Waals surface area contributed by atoms with Crippen molar-refractivity contribution < 1.29 is 19.4 Å². The first-order valence-electron chi connectivity index (χ1n) is 10.8. The number of aryl methyl sites for hydroxylation is 1. The minimum Gasteiger partial charge on any atom is -0.490 e. The van der Waals surface area contributed by atoms with Gasteiger partial charge in [0.2, 0.25) is 5.91 Å². The fourth-order valence-corrected chi connectivity index (χ4v) is 4.51. The van der Waals surface area contributed by atoms with Gasteiger partial charge in [-0.25, -0.2) is 9.97 Å². The predicted molar refractivity (Wildman–Crippen MR) is 116 cm³/mol. The minimum atomic E-state index is -0.902. The van der Waals surface area contributed by atoms with Gasteiger partial charge in [-0.15, -0.1) is 0 Å². The molecule has 2 aliphatic rings. The molecule has 166 valence electrons. The molecule has 1 aromatic carbocycles. The lowest BCUT2D eigenvalue weighted by molar-refractivity contribution is -0.134. The van der Waals surface area contributed by atoms with Crippen LogP contribution in [0, 0.1) is 24.7 Å². The molecule has 8 heteroatoms. The maximum atomic E-state index is 11.6. The molecule has 0 spiro atoms. The Morgan fingerprint density at radius 3 is 2.74 bits per heavy atom. The molecule has 2 fully saturated rings. The van der Waals surface area contributed by atoms with Crippen molar-refractivity contribution in [2.75, 3.05) is 18.5 Å². The number of rotatable bonds is 7. The number of carbonyl (C=O) groups is 1. The fraction of sp³-hybridized carbons (Fsp3) is 0.522. The van der Waals surface area contributed by atoms with Crippen molar-refractivity contribution >= 4 is 11.7 Å². The Morgan fingerprint density at radius 1 is 1.29 bits per heavy atom. The number of hydrogen-bond acceptors (Lipinski definition) is 7. The van der Waals surface area contributed by atoms with E-state index in [1.54, 1.807) is 6.07 Å². The Balaban J connectivity index is 1.45. The SMILES string of the molecule is Cc1cc(-c2cc(NC(O)C3C(C)CC3C(N)=O)ncn2)ccc1OC1CCOCC1. The molecule has 1 aliphatic heterocycles. The van der Waals surface area contributed by atoms with Crippen LogP contribution in [-0.2, 0) is 9.53 Å². The summed E-state index contributed by atoms with van der Waals surface area (Å²) in [5.74, 6) is 0.678. The van der Waals surface area contributed by atoms with E-state index < -0.39 is 6.23 Å². The molecule has 4 N–H and O–H groups in total. The molecular formula is C23H30N4O4. The Kier molecular flexibility index (Phi) is 6.38. The molecule has 4 unspecified atom stereocenters. The van der Waals surface area contributed by atoms with Gasteiger partial charge in [-0.05, 0) is 43.0 Å². The van der Waals surface area contributed by atoms with Gasteiger partial charge in [0, 0.05) is 36.3 Å². The van der Waals surface area contributed by atoms with Gasteiger partial charge in [0.1, 0.15) is 30.2 Å². The summed E-state index contributed by atoms with van der Waals surface area (Å²) in [7, 11) is 0. The lowest BCUT2D eigenvalue weighted by atomic mass is 9.64. The van der Waals surface area contributed by atoms with E-state index in [0.29, 0.717) is 12.2 Å². The summed E-state index contributed by atoms with van der Waals surface area (Å²) in [4.78, 5) is 20.2. The number of benzene rings is 1. The van der Waals surface area contributed by atoms with Crippen LogP contribution in [0.25, 0.3) is 11.3 Å². The van der Waals surface area contributed by atoms with E-state index in [1.807, 2.05) is 32.0 Å². The molecule has 0 radical (unpaired) electrons. The Hall–Kier alpha value is -2.71. The minimum absolute atomic E-state index is 0.188. The predicted octanol–water partition coefficient (Wildman–Crippen LogP) is 2.50. The third-order valence-electron chi connectivity index (χ3n) is 6.37. The number of aliphatic hydroxyl groups excluding tert-OH is 1. The highest BCUT2D eigenvalue weighted by molar-refractivity contribution is 5.78. The second-order valence-electron chi connectivity index (χ2n) is 8.59. The van der Waals surface area contributed by atoms with Crippen LogP contribution in [0.15, 0.2) is 30.6 Å². The fourth-order valence-electron chi connectivity index (χ4n) is 4.51. The number of anilines is 1. The van der Waals surface area contributed by atoms with E-state index in [1.165, 1.54) is 6.33 Å². The molecule has 4 atom stereocenters. The normalized spacial score (nSPS) is 24.8. The van der Waals surface area contributed by atoms with E-state index in [2.05, 4.69) is 15.3 Å². The van der Waals surface area contributed by atoms with Gasteiger partial charge in [0.25, 0.3) is 0 Å². The summed E-state index contributed by atoms with van der Waals surface area (Å²) >= 11 is 0. The van der Waals surface area contributed by atoms with Crippen LogP contribution in [-0.4, -0.2) is 46.5 Å². The zero-order chi connectivity index (χ0) is 22.0. The van der Waals surface area contributed by atoms with Crippen LogP contribution in [0.5, 0.6) is 5.75 Å². The van der Waals surface area contributed by atoms with Crippen LogP contribution in [0.1, 0.15) is 31.7 Å². The zero-order valence-electron chi connectivity index (χ0n) is 18.0. The molecule has 31 heavy (non-hydrogen) atoms. The van der Waals surface area contributed by atoms with E-state index in [4.69, 9.17) is 15.2 Å². The first-order chi connectivity index (χ1) is 14.9. The summed E-state index contributed by atoms with van der Waals surface area (Å²) in [6, 6.07) is 7.77. The van der Waals surface area contributed by atoms with Crippen molar-refractivity contribution in [3.05, 3.63) is 36.2 Å². The number of aromatic nitrogens is 2. The molecule has 1 saturated carbocycles. The van der Waals surface area contributed by atoms with Gasteiger partial charge in [0.05, 0.1) is 18.9 Å². The number of hydrogen-bond donors (Lipinski definition) is 3. The van der Waals surface area contributed by atoms with Crippen molar-refractivity contribution in [2.45, 2.75) is 45.4 Å². The first kappa shape index (κ1) is 21.5. The highest BCUT2D eigenvalue weighted by Crippen LogP contribution is 2.42. The molecule has 1 aromatic heterocycles. The molecule has 8 nitrogen and oxygen atoms in total. The van der Waals surface area contributed by atoms with Crippen molar-refractivity contribution in [1.29, 1.82) is 0 Å². The van der Waals surface area contributed by atoms with Crippen molar-refractivity contribution in [3.8, 4) is 17.0 Å². The number of ether oxygens (including phenoxy) is 2. The van der Waals surface area contributed by atoms with E-state index in [9.17, 15) is 9.90 Å². The second kappa shape index (κ2) is 9.20. The van der Waals surface area contributed by atoms with Gasteiger partial charge < -0.3 is 25.6 Å². The maximum absolute atomic E-state index is 11.6. The van der Waals surface area contributed by atoms with Crippen molar-refractivity contribution in [2.24, 2.45) is 23.5 Å². The van der Waals surface area contributed by atoms with Crippen LogP contribution in [0.3, 0.4) is 0 Å². The number of nitrogens with one attached hydrogen (secondary N) is 1. The number of carbonyl (C=O) groups excluding carboxylic acids is 1. The van der Waals surface area contributed by atoms with Crippen molar-refractivity contribution in [3.63, 3.8) is 0 Å². The lowest BCUT2D eigenvalue weighted by Crippen LogP contribution is -2.51. The molecule has 1 aliphatic carbocycles. The Morgan fingerprint density at radius 2 is 2.06 bits per heavy atom. The summed E-state index contributed by atoms with van der Waals surface area (Å²) in [6.07, 6.45) is 3.26. The molecule has 2 aromatic rings. The number of aliphatic hydroxyl groups is 1. The van der Waals surface area contributed by atoms with Gasteiger partial charge in [0.15, 0.2) is 0 Å². The monoisotopic (exact) mass is 426 g/mol. The number of primary amides is 1. The summed E-state index contributed by atoms with van der Waals surface area (Å²) in [5, 5.41) is 13.6. The van der Waals surface area contributed by atoms with Gasteiger partial charge in [-0.2, -0.15) is 0 Å². The van der Waals surface area contributed by atoms with E-state index in [0.717, 1.165) is 48.6 Å². The average Bonchev–Trinajstić information content (AvgIpc) is 2.74. The number of nitrogens with two attached hydrogens (primary N) is 1. The largest absolute Gasteiger partial charge is 0.490 e. The Bertz CT molecular complexity index is 932. The maximum Gasteiger partial charge on any atom is 0.221 e. The number of nitrogens with zero attached hydrogens (tertiary/aromatic N) is 2. The highest BCUT2D eigenvalue weighted by atomic mass is 16.5. The van der Waals surface area contributed by atoms with Crippen LogP contribution >= 0.6 is 0 Å². The summed E-state index contributed by atoms with van der Waals surface area (Å²) in [6.45, 7) is 5.51. The molecular weight excluding hydrogens is 396 g/mol. The molecule has 2 heterocycles. The van der Waals surface area contributed by atoms with Crippen LogP contribution in [0.4, 0.5) is 5.82 Å². The topological polar surface area (TPSA) is 120 Å². The quantitative estimate of drug-likeness (QED) is 0.582. The highest BCUT2D eigenvalue weighted by Gasteiger charge is 2.45. The Labute approximate surface area is 182 Å². The molecule has 1 amide bonds. The third kappa shape index (κ3) is 4.80. The van der Waals surface area contributed by atoms with Crippen molar-refractivity contribution in [1.82, 2.24) is 9.97 Å². The first-order valence-corrected chi connectivity index (χ1v) is 10.8. The van der Waals surface area contributed by atoms with Crippen LogP contribution < -0.4 is 15.8 Å². The van der Waals surface area contributed by atoms with E-state index >= 15 is 0 Å². The lowest BCUT2D eigenvalue weighted by Gasteiger charge is -2.43. The molecule has 1 saturated heterocycles. The van der Waals surface area contributed by atoms with Crippen LogP contribution in [0.2, 0.25) is 0 Å². The second-order valence-corrected chi connectivity index (χ2v) is 8.59. The van der Waals surface area contributed by atoms with Gasteiger partial charge >= 0.3 is 0 Å². The standard InChI is InChI=1S/C23H30N4O4/c1-13-9-15(3-4-19(13)31-16-5-7-30-8-6-16)18-11-20(26-12-25-18)27-23(29)21-14(2)10-17(21)22(24)28/h3-4,9,11-12,14,16-17,21,23,29H,5-8,10H2,1-2H3,(H2,24,28)(H,25,26,27). The van der Waals surface area contributed by atoms with Gasteiger partial charge in [-0.1, -0.05) is 6.92 Å². The smallest absolute Gasteiger partial charge is 0.221 e.